The molecular weight excluding hydrogens is 230 g/mol. The summed E-state index contributed by atoms with van der Waals surface area (Å²) in [5.74, 6) is -0.420. The van der Waals surface area contributed by atoms with Crippen molar-refractivity contribution in [3.05, 3.63) is 12.2 Å². The van der Waals surface area contributed by atoms with Gasteiger partial charge in [0.15, 0.2) is 0 Å². The van der Waals surface area contributed by atoms with Crippen LogP contribution in [0.15, 0.2) is 12.2 Å². The first-order valence-electron chi connectivity index (χ1n) is 6.16. The highest BCUT2D eigenvalue weighted by molar-refractivity contribution is 5.82. The molecule has 0 spiro atoms. The van der Waals surface area contributed by atoms with Crippen LogP contribution in [0.4, 0.5) is 0 Å². The largest absolute Gasteiger partial charge is 0.466 e. The van der Waals surface area contributed by atoms with Crippen molar-refractivity contribution in [1.29, 1.82) is 5.26 Å². The third kappa shape index (κ3) is 4.89. The molecule has 0 saturated carbocycles. The van der Waals surface area contributed by atoms with E-state index >= 15 is 0 Å². The minimum atomic E-state index is -2.03. The van der Waals surface area contributed by atoms with Crippen LogP contribution in [0, 0.1) is 23.2 Å². The number of aliphatic hydroxyl groups is 1. The number of methoxy groups -OCH3 is 1. The fourth-order valence-electron chi connectivity index (χ4n) is 1.67. The van der Waals surface area contributed by atoms with Crippen LogP contribution in [-0.4, -0.2) is 23.8 Å². The van der Waals surface area contributed by atoms with E-state index in [0.717, 1.165) is 25.5 Å². The quantitative estimate of drug-likeness (QED) is 0.430. The number of esters is 1. The van der Waals surface area contributed by atoms with Crippen molar-refractivity contribution in [3.63, 3.8) is 0 Å². The second-order valence-electron chi connectivity index (χ2n) is 5.12. The molecule has 0 aliphatic carbocycles. The van der Waals surface area contributed by atoms with E-state index in [-0.39, 0.29) is 12.3 Å². The number of hydrogen-bond acceptors (Lipinski definition) is 4. The van der Waals surface area contributed by atoms with Crippen LogP contribution in [0.3, 0.4) is 0 Å². The van der Waals surface area contributed by atoms with E-state index in [0.29, 0.717) is 5.92 Å². The maximum atomic E-state index is 11.3. The van der Waals surface area contributed by atoms with E-state index in [1.807, 2.05) is 6.92 Å². The summed E-state index contributed by atoms with van der Waals surface area (Å²) in [6.07, 6.45) is 1.71. The fourth-order valence-corrected chi connectivity index (χ4v) is 1.67. The summed E-state index contributed by atoms with van der Waals surface area (Å²) in [5.41, 5.74) is -0.895. The summed E-state index contributed by atoms with van der Waals surface area (Å²) in [6, 6.07) is 1.63. The molecule has 0 aromatic rings. The lowest BCUT2D eigenvalue weighted by Gasteiger charge is -2.22. The number of hydrogen-bond donors (Lipinski definition) is 1. The zero-order valence-corrected chi connectivity index (χ0v) is 11.7. The number of nitrogens with zero attached hydrogens (tertiary/aromatic N) is 1. The first-order chi connectivity index (χ1) is 8.26. The lowest BCUT2D eigenvalue weighted by atomic mass is 9.87. The third-order valence-corrected chi connectivity index (χ3v) is 3.13. The molecule has 0 bridgehead atoms. The van der Waals surface area contributed by atoms with Gasteiger partial charge in [-0.25, -0.2) is 4.79 Å². The molecule has 18 heavy (non-hydrogen) atoms. The Bertz CT molecular complexity index is 343. The van der Waals surface area contributed by atoms with Gasteiger partial charge in [0.1, 0.15) is 6.07 Å². The highest BCUT2D eigenvalue weighted by Crippen LogP contribution is 2.24. The Morgan fingerprint density at radius 3 is 2.44 bits per heavy atom. The van der Waals surface area contributed by atoms with Gasteiger partial charge in [0.05, 0.1) is 7.11 Å². The predicted molar refractivity (Wildman–Crippen MR) is 69.6 cm³/mol. The van der Waals surface area contributed by atoms with Crippen LogP contribution < -0.4 is 0 Å². The van der Waals surface area contributed by atoms with Crippen LogP contribution in [0.1, 0.15) is 40.0 Å². The van der Waals surface area contributed by atoms with Gasteiger partial charge in [0.2, 0.25) is 5.60 Å². The maximum Gasteiger partial charge on any atom is 0.352 e. The van der Waals surface area contributed by atoms with Crippen molar-refractivity contribution in [3.8, 4) is 6.07 Å². The maximum absolute atomic E-state index is 11.3. The molecule has 0 aromatic carbocycles. The summed E-state index contributed by atoms with van der Waals surface area (Å²) < 4.78 is 4.44. The van der Waals surface area contributed by atoms with Gasteiger partial charge >= 0.3 is 5.97 Å². The van der Waals surface area contributed by atoms with Crippen molar-refractivity contribution in [2.75, 3.05) is 7.11 Å². The molecule has 1 unspecified atom stereocenters. The predicted octanol–water partition coefficient (Wildman–Crippen LogP) is 2.43. The monoisotopic (exact) mass is 253 g/mol. The highest BCUT2D eigenvalue weighted by atomic mass is 16.5. The van der Waals surface area contributed by atoms with E-state index in [2.05, 4.69) is 25.2 Å². The molecule has 1 N–H and O–H groups in total. The number of carbonyl (C=O) groups excluding carboxylic acids is 1. The molecule has 0 aliphatic rings. The summed E-state index contributed by atoms with van der Waals surface area (Å²) in [4.78, 5) is 11.3. The number of carbonyl (C=O) groups is 1. The fraction of sp³-hybridized carbons (Fsp3) is 0.714. The van der Waals surface area contributed by atoms with E-state index in [9.17, 15) is 9.90 Å². The van der Waals surface area contributed by atoms with Gasteiger partial charge in [-0.1, -0.05) is 32.9 Å². The van der Waals surface area contributed by atoms with Crippen molar-refractivity contribution in [2.24, 2.45) is 11.8 Å². The Labute approximate surface area is 109 Å². The van der Waals surface area contributed by atoms with Gasteiger partial charge in [0.25, 0.3) is 0 Å². The Morgan fingerprint density at radius 1 is 1.50 bits per heavy atom. The molecule has 0 saturated heterocycles. The topological polar surface area (TPSA) is 70.3 Å². The van der Waals surface area contributed by atoms with Crippen LogP contribution >= 0.6 is 0 Å². The lowest BCUT2D eigenvalue weighted by Crippen LogP contribution is -2.39. The van der Waals surface area contributed by atoms with Gasteiger partial charge in [-0.3, -0.25) is 0 Å². The van der Waals surface area contributed by atoms with Crippen molar-refractivity contribution in [2.45, 2.75) is 45.6 Å². The highest BCUT2D eigenvalue weighted by Gasteiger charge is 2.38. The Balaban J connectivity index is 4.38. The van der Waals surface area contributed by atoms with E-state index in [1.54, 1.807) is 6.07 Å². The van der Waals surface area contributed by atoms with E-state index in [1.165, 1.54) is 0 Å². The number of nitriles is 1. The lowest BCUT2D eigenvalue weighted by molar-refractivity contribution is -0.157. The average molecular weight is 253 g/mol. The Morgan fingerprint density at radius 2 is 2.06 bits per heavy atom. The molecule has 0 rings (SSSR count). The standard InChI is InChI=1S/C14H23NO3/c1-10(2)12(4)7-6-11(3)8-14(17,9-15)13(16)18-5/h10-11,17H,4,6-8H2,1-3,5H3/t11-,14?/m1/s1. The second kappa shape index (κ2) is 7.17. The van der Waals surface area contributed by atoms with Crippen LogP contribution in [0.25, 0.3) is 0 Å². The second-order valence-corrected chi connectivity index (χ2v) is 5.12. The number of ether oxygens (including phenoxy) is 1. The Kier molecular flexibility index (Phi) is 6.64. The number of rotatable bonds is 7. The summed E-state index contributed by atoms with van der Waals surface area (Å²) in [7, 11) is 1.16. The zero-order chi connectivity index (χ0) is 14.3. The first kappa shape index (κ1) is 16.7. The smallest absolute Gasteiger partial charge is 0.352 e. The van der Waals surface area contributed by atoms with E-state index in [4.69, 9.17) is 5.26 Å². The van der Waals surface area contributed by atoms with Gasteiger partial charge in [0, 0.05) is 6.42 Å². The van der Waals surface area contributed by atoms with Gasteiger partial charge in [-0.2, -0.15) is 5.26 Å². The molecule has 4 heteroatoms. The molecule has 102 valence electrons. The molecule has 4 nitrogen and oxygen atoms in total. The average Bonchev–Trinajstić information content (AvgIpc) is 2.34. The number of allylic oxidation sites excluding steroid dienone is 1. The van der Waals surface area contributed by atoms with Crippen LogP contribution in [0.2, 0.25) is 0 Å². The van der Waals surface area contributed by atoms with Gasteiger partial charge in [-0.05, 0) is 24.7 Å². The van der Waals surface area contributed by atoms with Gasteiger partial charge < -0.3 is 9.84 Å². The first-order valence-corrected chi connectivity index (χ1v) is 6.16. The normalized spacial score (nSPS) is 15.6. The van der Waals surface area contributed by atoms with Crippen molar-refractivity contribution in [1.82, 2.24) is 0 Å². The van der Waals surface area contributed by atoms with Crippen LogP contribution in [-0.2, 0) is 9.53 Å². The SMILES string of the molecule is C=C(CC[C@@H](C)CC(O)(C#N)C(=O)OC)C(C)C. The van der Waals surface area contributed by atoms with Crippen LogP contribution in [0.5, 0.6) is 0 Å². The molecule has 0 fully saturated rings. The molecular formula is C14H23NO3. The Hall–Kier alpha value is -1.34. The molecule has 0 aliphatic heterocycles. The molecule has 0 heterocycles. The van der Waals surface area contributed by atoms with Crippen molar-refractivity contribution < 1.29 is 14.6 Å². The zero-order valence-electron chi connectivity index (χ0n) is 11.7. The van der Waals surface area contributed by atoms with Gasteiger partial charge in [-0.15, -0.1) is 0 Å². The molecule has 0 aromatic heterocycles. The van der Waals surface area contributed by atoms with Crippen molar-refractivity contribution >= 4 is 5.97 Å². The third-order valence-electron chi connectivity index (χ3n) is 3.13. The molecule has 0 amide bonds. The minimum Gasteiger partial charge on any atom is -0.466 e. The summed E-state index contributed by atoms with van der Waals surface area (Å²) >= 11 is 0. The van der Waals surface area contributed by atoms with E-state index < -0.39 is 11.6 Å². The minimum absolute atomic E-state index is 0.0456. The summed E-state index contributed by atoms with van der Waals surface area (Å²) in [6.45, 7) is 10.0. The molecule has 2 atom stereocenters. The summed E-state index contributed by atoms with van der Waals surface area (Å²) in [5, 5.41) is 18.8. The molecule has 0 radical (unpaired) electrons.